The summed E-state index contributed by atoms with van der Waals surface area (Å²) in [6.07, 6.45) is -1.92. The largest absolute Gasteiger partial charge is 0.469 e. The molecule has 0 radical (unpaired) electrons. The lowest BCUT2D eigenvalue weighted by molar-refractivity contribution is -0.154. The Hall–Kier alpha value is -2.39. The first kappa shape index (κ1) is 29.6. The van der Waals surface area contributed by atoms with Gasteiger partial charge in [-0.1, -0.05) is 51.1 Å². The third-order valence-corrected chi connectivity index (χ3v) is 10.3. The normalized spacial score (nSPS) is 14.1. The second-order valence-electron chi connectivity index (χ2n) is 10.8. The highest BCUT2D eigenvalue weighted by Gasteiger charge is 2.46. The Morgan fingerprint density at radius 2 is 1.50 bits per heavy atom. The van der Waals surface area contributed by atoms with Gasteiger partial charge in [0.15, 0.2) is 14.4 Å². The second kappa shape index (κ2) is 11.8. The summed E-state index contributed by atoms with van der Waals surface area (Å²) >= 11 is 0. The number of ether oxygens (including phenoxy) is 3. The van der Waals surface area contributed by atoms with E-state index < -0.39 is 44.1 Å². The van der Waals surface area contributed by atoms with Gasteiger partial charge in [-0.05, 0) is 44.5 Å². The Morgan fingerprint density at radius 1 is 0.941 bits per heavy atom. The van der Waals surface area contributed by atoms with Crippen LogP contribution in [0.1, 0.15) is 53.5 Å². The van der Waals surface area contributed by atoms with Crippen LogP contribution in [0.2, 0.25) is 18.1 Å². The number of hydrogen-bond acceptors (Lipinski definition) is 7. The Kier molecular flexibility index (Phi) is 10.3. The molecule has 1 aromatic rings. The quantitative estimate of drug-likeness (QED) is 0.273. The van der Waals surface area contributed by atoms with Crippen LogP contribution in [0.5, 0.6) is 0 Å². The van der Waals surface area contributed by atoms with Crippen LogP contribution in [-0.4, -0.2) is 63.2 Å². The number of amides is 1. The van der Waals surface area contributed by atoms with E-state index in [9.17, 15) is 14.4 Å². The Morgan fingerprint density at radius 3 is 1.94 bits per heavy atom. The fraction of sp³-hybridized carbons (Fsp3) is 0.640. The van der Waals surface area contributed by atoms with Gasteiger partial charge in [0.1, 0.15) is 5.60 Å². The molecule has 0 aliphatic carbocycles. The zero-order valence-electron chi connectivity index (χ0n) is 22.3. The summed E-state index contributed by atoms with van der Waals surface area (Å²) in [5.74, 6) is -1.25. The zero-order chi connectivity index (χ0) is 26.3. The first-order valence-corrected chi connectivity index (χ1v) is 14.3. The van der Waals surface area contributed by atoms with E-state index in [0.29, 0.717) is 0 Å². The van der Waals surface area contributed by atoms with Crippen molar-refractivity contribution in [2.75, 3.05) is 14.2 Å². The van der Waals surface area contributed by atoms with Crippen molar-refractivity contribution in [1.82, 2.24) is 4.90 Å². The molecule has 1 rings (SSSR count). The first-order valence-electron chi connectivity index (χ1n) is 11.4. The molecule has 0 saturated carbocycles. The van der Waals surface area contributed by atoms with Gasteiger partial charge >= 0.3 is 18.0 Å². The van der Waals surface area contributed by atoms with Crippen LogP contribution in [0.25, 0.3) is 0 Å². The summed E-state index contributed by atoms with van der Waals surface area (Å²) in [6, 6.07) is 8.00. The van der Waals surface area contributed by atoms with Crippen LogP contribution in [0.3, 0.4) is 0 Å². The molecule has 0 spiro atoms. The molecule has 0 saturated heterocycles. The average molecular weight is 496 g/mol. The fourth-order valence-corrected chi connectivity index (χ4v) is 4.32. The molecule has 0 aliphatic rings. The van der Waals surface area contributed by atoms with Gasteiger partial charge in [0.05, 0.1) is 33.3 Å². The third-order valence-electron chi connectivity index (χ3n) is 5.80. The third kappa shape index (κ3) is 8.75. The molecular formula is C25H41NO7Si. The Labute approximate surface area is 205 Å². The molecule has 9 heteroatoms. The summed E-state index contributed by atoms with van der Waals surface area (Å²) < 4.78 is 22.2. The topological polar surface area (TPSA) is 91.4 Å². The number of esters is 2. The van der Waals surface area contributed by atoms with Crippen LogP contribution >= 0.6 is 0 Å². The summed E-state index contributed by atoms with van der Waals surface area (Å²) in [5.41, 5.74) is -0.0171. The lowest BCUT2D eigenvalue weighted by atomic mass is 10.1. The number of carbonyl (C=O) groups excluding carboxylic acids is 3. The molecule has 0 heterocycles. The maximum Gasteiger partial charge on any atom is 0.411 e. The van der Waals surface area contributed by atoms with Gasteiger partial charge in [-0.3, -0.25) is 9.69 Å². The monoisotopic (exact) mass is 495 g/mol. The maximum absolute atomic E-state index is 13.4. The average Bonchev–Trinajstić information content (AvgIpc) is 2.71. The molecule has 1 aromatic carbocycles. The number of methoxy groups -OCH3 is 2. The van der Waals surface area contributed by atoms with Crippen LogP contribution in [-0.2, 0) is 34.8 Å². The predicted molar refractivity (Wildman–Crippen MR) is 133 cm³/mol. The van der Waals surface area contributed by atoms with Crippen molar-refractivity contribution >= 4 is 26.3 Å². The van der Waals surface area contributed by atoms with Gasteiger partial charge in [0, 0.05) is 0 Å². The highest BCUT2D eigenvalue weighted by Crippen LogP contribution is 2.38. The number of nitrogens with zero attached hydrogens (tertiary/aromatic N) is 1. The highest BCUT2D eigenvalue weighted by molar-refractivity contribution is 6.74. The Balaban J connectivity index is 3.61. The molecule has 0 N–H and O–H groups in total. The molecule has 0 unspecified atom stereocenters. The minimum absolute atomic E-state index is 0.0635. The lowest BCUT2D eigenvalue weighted by Gasteiger charge is -2.43. The summed E-state index contributed by atoms with van der Waals surface area (Å²) in [6.45, 7) is 15.5. The molecule has 8 nitrogen and oxygen atoms in total. The van der Waals surface area contributed by atoms with Gasteiger partial charge in [-0.25, -0.2) is 9.59 Å². The van der Waals surface area contributed by atoms with Crippen molar-refractivity contribution in [3.8, 4) is 0 Å². The van der Waals surface area contributed by atoms with Gasteiger partial charge in [-0.15, -0.1) is 0 Å². The van der Waals surface area contributed by atoms with E-state index in [1.807, 2.05) is 43.4 Å². The highest BCUT2D eigenvalue weighted by atomic mass is 28.4. The fourth-order valence-electron chi connectivity index (χ4n) is 3.00. The van der Waals surface area contributed by atoms with Gasteiger partial charge in [-0.2, -0.15) is 0 Å². The predicted octanol–water partition coefficient (Wildman–Crippen LogP) is 4.92. The second-order valence-corrected chi connectivity index (χ2v) is 15.5. The molecule has 34 heavy (non-hydrogen) atoms. The number of benzene rings is 1. The molecule has 0 aromatic heterocycles. The van der Waals surface area contributed by atoms with Crippen molar-refractivity contribution in [2.24, 2.45) is 0 Å². The smallest absolute Gasteiger partial charge is 0.411 e. The van der Waals surface area contributed by atoms with E-state index >= 15 is 0 Å². The van der Waals surface area contributed by atoms with E-state index in [4.69, 9.17) is 18.6 Å². The minimum Gasteiger partial charge on any atom is -0.469 e. The van der Waals surface area contributed by atoms with Crippen LogP contribution in [0.4, 0.5) is 4.79 Å². The van der Waals surface area contributed by atoms with E-state index in [1.165, 1.54) is 19.1 Å². The SMILES string of the molecule is COC(=O)C[C@H](O[Si](C)(C)C(C)(C)C)[C@@H](C(=O)OC)N(Cc1ccccc1)C(=O)OC(C)(C)C. The summed E-state index contributed by atoms with van der Waals surface area (Å²) in [7, 11) is 0.0322. The molecule has 0 bridgehead atoms. The molecule has 192 valence electrons. The Bertz CT molecular complexity index is 828. The standard InChI is InChI=1S/C25H41NO7Si/c1-24(2,3)32-23(29)26(17-18-14-12-11-13-15-18)21(22(28)31-8)19(16-20(27)30-7)33-34(9,10)25(4,5)6/h11-15,19,21H,16-17H2,1-10H3/t19-,21-/m0/s1. The first-order chi connectivity index (χ1) is 15.5. The van der Waals surface area contributed by atoms with E-state index in [0.717, 1.165) is 5.56 Å². The molecule has 1 amide bonds. The van der Waals surface area contributed by atoms with E-state index in [1.54, 1.807) is 20.8 Å². The molecular weight excluding hydrogens is 454 g/mol. The zero-order valence-corrected chi connectivity index (χ0v) is 23.3. The lowest BCUT2D eigenvalue weighted by Crippen LogP contribution is -2.57. The van der Waals surface area contributed by atoms with E-state index in [-0.39, 0.29) is 18.0 Å². The van der Waals surface area contributed by atoms with Gasteiger partial charge in [0.2, 0.25) is 0 Å². The van der Waals surface area contributed by atoms with Crippen LogP contribution in [0.15, 0.2) is 30.3 Å². The van der Waals surface area contributed by atoms with Crippen molar-refractivity contribution in [3.63, 3.8) is 0 Å². The number of carbonyl (C=O) groups is 3. The summed E-state index contributed by atoms with van der Waals surface area (Å²) in [4.78, 5) is 40.2. The van der Waals surface area contributed by atoms with Crippen molar-refractivity contribution in [1.29, 1.82) is 0 Å². The molecule has 0 fully saturated rings. The number of rotatable bonds is 9. The van der Waals surface area contributed by atoms with Crippen molar-refractivity contribution < 1.29 is 33.0 Å². The summed E-state index contributed by atoms with van der Waals surface area (Å²) in [5, 5.41) is -0.210. The molecule has 2 atom stereocenters. The van der Waals surface area contributed by atoms with Crippen LogP contribution in [0, 0.1) is 0 Å². The number of hydrogen-bond donors (Lipinski definition) is 0. The van der Waals surface area contributed by atoms with Crippen LogP contribution < -0.4 is 0 Å². The van der Waals surface area contributed by atoms with Gasteiger partial charge < -0.3 is 18.6 Å². The minimum atomic E-state index is -2.48. The van der Waals surface area contributed by atoms with Crippen molar-refractivity contribution in [2.45, 2.75) is 90.4 Å². The van der Waals surface area contributed by atoms with Crippen molar-refractivity contribution in [3.05, 3.63) is 35.9 Å². The van der Waals surface area contributed by atoms with E-state index in [2.05, 4.69) is 20.8 Å². The molecule has 0 aliphatic heterocycles. The van der Waals surface area contributed by atoms with Gasteiger partial charge in [0.25, 0.3) is 0 Å². The maximum atomic E-state index is 13.4.